The Morgan fingerprint density at radius 3 is 3.00 bits per heavy atom. The highest BCUT2D eigenvalue weighted by molar-refractivity contribution is 7.80. The first-order valence-corrected chi connectivity index (χ1v) is 7.44. The minimum Gasteiger partial charge on any atom is -0.389 e. The fraction of sp³-hybridized carbons (Fsp3) is 0.467. The lowest BCUT2D eigenvalue weighted by Gasteiger charge is -2.31. The summed E-state index contributed by atoms with van der Waals surface area (Å²) < 4.78 is 13.9. The first-order chi connectivity index (χ1) is 10.0. The predicted octanol–water partition coefficient (Wildman–Crippen LogP) is 1.42. The van der Waals surface area contributed by atoms with Gasteiger partial charge in [-0.2, -0.15) is 0 Å². The van der Waals surface area contributed by atoms with Crippen LogP contribution in [0, 0.1) is 11.7 Å². The van der Waals surface area contributed by atoms with Crippen LogP contribution in [0.2, 0.25) is 0 Å². The van der Waals surface area contributed by atoms with Crippen molar-refractivity contribution < 1.29 is 9.18 Å². The van der Waals surface area contributed by atoms with Crippen LogP contribution in [0.4, 0.5) is 4.39 Å². The van der Waals surface area contributed by atoms with Crippen molar-refractivity contribution in [1.29, 1.82) is 0 Å². The second-order valence-corrected chi connectivity index (χ2v) is 5.80. The number of carbonyl (C=O) groups excluding carboxylic acids is 1. The van der Waals surface area contributed by atoms with E-state index in [-0.39, 0.29) is 22.6 Å². The van der Waals surface area contributed by atoms with Crippen molar-refractivity contribution in [3.8, 4) is 0 Å². The van der Waals surface area contributed by atoms with Gasteiger partial charge in [-0.25, -0.2) is 4.39 Å². The number of hydrogen-bond donors (Lipinski definition) is 2. The SMILES string of the molecule is CNC(=O)C1CCCN(Cc2cc(C(N)=S)ccc2F)C1. The van der Waals surface area contributed by atoms with Crippen LogP contribution in [0.5, 0.6) is 0 Å². The molecule has 1 amide bonds. The first kappa shape index (κ1) is 15.9. The Balaban J connectivity index is 2.09. The van der Waals surface area contributed by atoms with Crippen molar-refractivity contribution in [2.24, 2.45) is 11.7 Å². The summed E-state index contributed by atoms with van der Waals surface area (Å²) in [5, 5.41) is 2.68. The third kappa shape index (κ3) is 3.98. The topological polar surface area (TPSA) is 58.4 Å². The van der Waals surface area contributed by atoms with Crippen LogP contribution >= 0.6 is 12.2 Å². The zero-order valence-electron chi connectivity index (χ0n) is 12.1. The zero-order valence-corrected chi connectivity index (χ0v) is 12.9. The summed E-state index contributed by atoms with van der Waals surface area (Å²) in [6.45, 7) is 1.98. The third-order valence-electron chi connectivity index (χ3n) is 3.85. The Morgan fingerprint density at radius 1 is 1.57 bits per heavy atom. The van der Waals surface area contributed by atoms with Gasteiger partial charge in [0.15, 0.2) is 0 Å². The van der Waals surface area contributed by atoms with Gasteiger partial charge in [-0.05, 0) is 37.6 Å². The molecule has 0 saturated carbocycles. The van der Waals surface area contributed by atoms with E-state index in [1.54, 1.807) is 19.2 Å². The van der Waals surface area contributed by atoms with Crippen molar-refractivity contribution in [2.75, 3.05) is 20.1 Å². The molecule has 1 aliphatic heterocycles. The molecule has 0 radical (unpaired) electrons. The second-order valence-electron chi connectivity index (χ2n) is 5.36. The number of carbonyl (C=O) groups is 1. The van der Waals surface area contributed by atoms with E-state index in [0.717, 1.165) is 19.4 Å². The van der Waals surface area contributed by atoms with Crippen LogP contribution in [0.25, 0.3) is 0 Å². The van der Waals surface area contributed by atoms with Gasteiger partial charge in [0.2, 0.25) is 5.91 Å². The summed E-state index contributed by atoms with van der Waals surface area (Å²) in [5.74, 6) is -0.236. The maximum absolute atomic E-state index is 13.9. The molecule has 3 N–H and O–H groups in total. The summed E-state index contributed by atoms with van der Waals surface area (Å²) in [7, 11) is 1.65. The van der Waals surface area contributed by atoms with Crippen LogP contribution in [0.15, 0.2) is 18.2 Å². The molecule has 6 heteroatoms. The van der Waals surface area contributed by atoms with Gasteiger partial charge >= 0.3 is 0 Å². The minimum atomic E-state index is -0.267. The van der Waals surface area contributed by atoms with Gasteiger partial charge in [0, 0.05) is 31.3 Å². The largest absolute Gasteiger partial charge is 0.389 e. The van der Waals surface area contributed by atoms with E-state index in [2.05, 4.69) is 10.2 Å². The Morgan fingerprint density at radius 2 is 2.33 bits per heavy atom. The minimum absolute atomic E-state index is 0.0226. The van der Waals surface area contributed by atoms with Crippen molar-refractivity contribution in [3.05, 3.63) is 35.1 Å². The molecule has 1 unspecified atom stereocenters. The van der Waals surface area contributed by atoms with E-state index in [9.17, 15) is 9.18 Å². The van der Waals surface area contributed by atoms with E-state index < -0.39 is 0 Å². The van der Waals surface area contributed by atoms with Crippen molar-refractivity contribution in [2.45, 2.75) is 19.4 Å². The number of piperidine rings is 1. The Labute approximate surface area is 129 Å². The molecule has 1 aliphatic rings. The van der Waals surface area contributed by atoms with E-state index in [1.807, 2.05) is 0 Å². The number of nitrogens with two attached hydrogens (primary N) is 1. The van der Waals surface area contributed by atoms with Crippen molar-refractivity contribution in [1.82, 2.24) is 10.2 Å². The molecule has 1 aromatic rings. The maximum atomic E-state index is 13.9. The fourth-order valence-corrected chi connectivity index (χ4v) is 2.83. The number of rotatable bonds is 4. The highest BCUT2D eigenvalue weighted by Gasteiger charge is 2.25. The average molecular weight is 309 g/mol. The third-order valence-corrected chi connectivity index (χ3v) is 4.08. The monoisotopic (exact) mass is 309 g/mol. The van der Waals surface area contributed by atoms with Crippen LogP contribution in [0.3, 0.4) is 0 Å². The quantitative estimate of drug-likeness (QED) is 0.826. The molecule has 114 valence electrons. The fourth-order valence-electron chi connectivity index (χ4n) is 2.71. The molecule has 2 rings (SSSR count). The number of benzene rings is 1. The summed E-state index contributed by atoms with van der Waals surface area (Å²) in [6, 6.07) is 4.68. The van der Waals surface area contributed by atoms with E-state index in [4.69, 9.17) is 18.0 Å². The average Bonchev–Trinajstić information content (AvgIpc) is 2.48. The number of hydrogen-bond acceptors (Lipinski definition) is 3. The molecule has 1 heterocycles. The number of nitrogens with one attached hydrogen (secondary N) is 1. The van der Waals surface area contributed by atoms with E-state index >= 15 is 0 Å². The number of nitrogens with zero attached hydrogens (tertiary/aromatic N) is 1. The lowest BCUT2D eigenvalue weighted by atomic mass is 9.96. The molecular weight excluding hydrogens is 289 g/mol. The lowest BCUT2D eigenvalue weighted by molar-refractivity contribution is -0.126. The molecule has 4 nitrogen and oxygen atoms in total. The molecule has 21 heavy (non-hydrogen) atoms. The second kappa shape index (κ2) is 6.95. The van der Waals surface area contributed by atoms with Crippen molar-refractivity contribution >= 4 is 23.1 Å². The van der Waals surface area contributed by atoms with Gasteiger partial charge in [0.05, 0.1) is 5.92 Å². The predicted molar refractivity (Wildman–Crippen MR) is 84.4 cm³/mol. The van der Waals surface area contributed by atoms with Crippen LogP contribution < -0.4 is 11.1 Å². The van der Waals surface area contributed by atoms with Crippen LogP contribution in [-0.4, -0.2) is 35.9 Å². The van der Waals surface area contributed by atoms with Gasteiger partial charge in [-0.15, -0.1) is 0 Å². The summed E-state index contributed by atoms with van der Waals surface area (Å²) >= 11 is 4.93. The Kier molecular flexibility index (Phi) is 5.25. The summed E-state index contributed by atoms with van der Waals surface area (Å²) in [5.41, 5.74) is 6.82. The highest BCUT2D eigenvalue weighted by atomic mass is 32.1. The van der Waals surface area contributed by atoms with Crippen LogP contribution in [-0.2, 0) is 11.3 Å². The molecule has 1 fully saturated rings. The number of thiocarbonyl (C=S) groups is 1. The van der Waals surface area contributed by atoms with Gasteiger partial charge in [0.25, 0.3) is 0 Å². The number of amides is 1. The standard InChI is InChI=1S/C15H20FN3OS/c1-18-15(20)11-3-2-6-19(8-11)9-12-7-10(14(17)21)4-5-13(12)16/h4-5,7,11H,2-3,6,8-9H2,1H3,(H2,17,21)(H,18,20). The normalized spacial score (nSPS) is 19.2. The maximum Gasteiger partial charge on any atom is 0.224 e. The van der Waals surface area contributed by atoms with E-state index in [1.165, 1.54) is 6.07 Å². The summed E-state index contributed by atoms with van der Waals surface area (Å²) in [4.78, 5) is 14.1. The van der Waals surface area contributed by atoms with E-state index in [0.29, 0.717) is 24.2 Å². The molecule has 0 spiro atoms. The number of likely N-dealkylation sites (tertiary alicyclic amines) is 1. The zero-order chi connectivity index (χ0) is 15.4. The molecule has 1 saturated heterocycles. The highest BCUT2D eigenvalue weighted by Crippen LogP contribution is 2.20. The smallest absolute Gasteiger partial charge is 0.224 e. The number of halogens is 1. The molecule has 1 aromatic carbocycles. The Bertz CT molecular complexity index is 550. The van der Waals surface area contributed by atoms with Gasteiger partial charge in [-0.1, -0.05) is 12.2 Å². The van der Waals surface area contributed by atoms with Gasteiger partial charge in [-0.3, -0.25) is 9.69 Å². The van der Waals surface area contributed by atoms with Crippen LogP contribution in [0.1, 0.15) is 24.0 Å². The summed E-state index contributed by atoms with van der Waals surface area (Å²) in [6.07, 6.45) is 1.82. The Hall–Kier alpha value is -1.53. The molecule has 1 atom stereocenters. The lowest BCUT2D eigenvalue weighted by Crippen LogP contribution is -2.41. The van der Waals surface area contributed by atoms with Crippen molar-refractivity contribution in [3.63, 3.8) is 0 Å². The molecular formula is C15H20FN3OS. The first-order valence-electron chi connectivity index (χ1n) is 7.03. The molecule has 0 aliphatic carbocycles. The van der Waals surface area contributed by atoms with Gasteiger partial charge in [0.1, 0.15) is 10.8 Å². The molecule has 0 bridgehead atoms. The molecule has 0 aromatic heterocycles. The van der Waals surface area contributed by atoms with Gasteiger partial charge < -0.3 is 11.1 Å².